The van der Waals surface area contributed by atoms with Gasteiger partial charge in [-0.25, -0.2) is 4.79 Å². The van der Waals surface area contributed by atoms with Crippen molar-refractivity contribution < 1.29 is 28.9 Å². The number of benzene rings is 1. The number of hydrogen-bond donors (Lipinski definition) is 1. The third-order valence-corrected chi connectivity index (χ3v) is 2.82. The Labute approximate surface area is 123 Å². The average Bonchev–Trinajstić information content (AvgIpc) is 2.45. The smallest absolute Gasteiger partial charge is 0.335 e. The summed E-state index contributed by atoms with van der Waals surface area (Å²) in [6, 6.07) is 4.33. The van der Waals surface area contributed by atoms with Crippen molar-refractivity contribution in [1.29, 1.82) is 0 Å². The van der Waals surface area contributed by atoms with Gasteiger partial charge >= 0.3 is 11.9 Å². The van der Waals surface area contributed by atoms with Gasteiger partial charge in [0.1, 0.15) is 6.61 Å². The molecule has 116 valence electrons. The minimum Gasteiger partial charge on any atom is -0.490 e. The zero-order chi connectivity index (χ0) is 16.0. The molecule has 1 aromatic carbocycles. The molecular formula is C15H20O6. The zero-order valence-corrected chi connectivity index (χ0v) is 12.6. The van der Waals surface area contributed by atoms with Crippen LogP contribution in [-0.2, 0) is 9.53 Å². The van der Waals surface area contributed by atoms with Crippen LogP contribution in [-0.4, -0.2) is 37.4 Å². The Balaban J connectivity index is 2.92. The van der Waals surface area contributed by atoms with E-state index in [1.807, 2.05) is 0 Å². The van der Waals surface area contributed by atoms with Crippen molar-refractivity contribution >= 4 is 11.9 Å². The van der Waals surface area contributed by atoms with E-state index in [0.717, 1.165) is 0 Å². The van der Waals surface area contributed by atoms with Crippen LogP contribution in [0, 0.1) is 5.41 Å². The molecule has 0 radical (unpaired) electrons. The molecule has 1 rings (SSSR count). The molecule has 0 aliphatic rings. The molecule has 0 fully saturated rings. The van der Waals surface area contributed by atoms with Crippen LogP contribution >= 0.6 is 0 Å². The first-order chi connectivity index (χ1) is 9.81. The molecule has 0 unspecified atom stereocenters. The second kappa shape index (κ2) is 6.97. The van der Waals surface area contributed by atoms with Crippen LogP contribution in [0.1, 0.15) is 31.1 Å². The lowest BCUT2D eigenvalue weighted by molar-refractivity contribution is -0.152. The number of methoxy groups -OCH3 is 1. The predicted octanol–water partition coefficient (Wildman–Crippen LogP) is 2.36. The van der Waals surface area contributed by atoms with Gasteiger partial charge in [-0.3, -0.25) is 4.79 Å². The molecule has 6 nitrogen and oxygen atoms in total. The van der Waals surface area contributed by atoms with Crippen molar-refractivity contribution in [3.63, 3.8) is 0 Å². The van der Waals surface area contributed by atoms with Crippen LogP contribution in [0.25, 0.3) is 0 Å². The fourth-order valence-electron chi connectivity index (χ4n) is 1.62. The normalized spacial score (nSPS) is 10.9. The van der Waals surface area contributed by atoms with Crippen molar-refractivity contribution in [2.24, 2.45) is 5.41 Å². The highest BCUT2D eigenvalue weighted by atomic mass is 16.5. The van der Waals surface area contributed by atoms with Gasteiger partial charge in [0.05, 0.1) is 24.7 Å². The number of hydrogen-bond acceptors (Lipinski definition) is 5. The quantitative estimate of drug-likeness (QED) is 0.778. The summed E-state index contributed by atoms with van der Waals surface area (Å²) in [5.41, 5.74) is -0.706. The lowest BCUT2D eigenvalue weighted by Gasteiger charge is -2.22. The molecule has 1 aromatic rings. The molecule has 0 heterocycles. The number of ether oxygens (including phenoxy) is 3. The number of carbonyl (C=O) groups is 2. The van der Waals surface area contributed by atoms with E-state index in [2.05, 4.69) is 0 Å². The third-order valence-electron chi connectivity index (χ3n) is 2.82. The third kappa shape index (κ3) is 4.37. The molecule has 1 N–H and O–H groups in total. The van der Waals surface area contributed by atoms with Gasteiger partial charge < -0.3 is 19.3 Å². The molecular weight excluding hydrogens is 276 g/mol. The minimum absolute atomic E-state index is 0.0895. The Bertz CT molecular complexity index is 521. The molecule has 0 aliphatic heterocycles. The first-order valence-corrected chi connectivity index (χ1v) is 6.53. The van der Waals surface area contributed by atoms with Gasteiger partial charge in [0.15, 0.2) is 11.5 Å². The van der Waals surface area contributed by atoms with Gasteiger partial charge in [-0.05, 0) is 39.0 Å². The first kappa shape index (κ1) is 16.8. The standard InChI is InChI=1S/C15H20O6/c1-5-20-12-8-10(13(16)17)6-7-11(12)21-9-15(2,3)14(18)19-4/h6-8H,5,9H2,1-4H3,(H,16,17). The lowest BCUT2D eigenvalue weighted by Crippen LogP contribution is -2.32. The van der Waals surface area contributed by atoms with E-state index >= 15 is 0 Å². The molecule has 0 saturated carbocycles. The molecule has 0 aromatic heterocycles. The molecule has 6 heteroatoms. The van der Waals surface area contributed by atoms with Crippen molar-refractivity contribution in [3.8, 4) is 11.5 Å². The number of carboxylic acids is 1. The summed E-state index contributed by atoms with van der Waals surface area (Å²) in [7, 11) is 1.32. The van der Waals surface area contributed by atoms with Gasteiger partial charge in [-0.2, -0.15) is 0 Å². The van der Waals surface area contributed by atoms with Gasteiger partial charge in [-0.15, -0.1) is 0 Å². The van der Waals surface area contributed by atoms with Crippen LogP contribution in [0.4, 0.5) is 0 Å². The number of esters is 1. The summed E-state index contributed by atoms with van der Waals surface area (Å²) in [4.78, 5) is 22.6. The number of aromatic carboxylic acids is 1. The van der Waals surface area contributed by atoms with Crippen LogP contribution in [0.15, 0.2) is 18.2 Å². The topological polar surface area (TPSA) is 82.1 Å². The van der Waals surface area contributed by atoms with E-state index in [0.29, 0.717) is 18.1 Å². The average molecular weight is 296 g/mol. The number of rotatable bonds is 7. The van der Waals surface area contributed by atoms with E-state index in [1.54, 1.807) is 20.8 Å². The molecule has 0 saturated heterocycles. The summed E-state index contributed by atoms with van der Waals surface area (Å²) in [5.74, 6) is -0.711. The molecule has 0 bridgehead atoms. The van der Waals surface area contributed by atoms with Crippen LogP contribution in [0.2, 0.25) is 0 Å². The monoisotopic (exact) mass is 296 g/mol. The van der Waals surface area contributed by atoms with Gasteiger partial charge in [0, 0.05) is 0 Å². The van der Waals surface area contributed by atoms with Crippen LogP contribution in [0.5, 0.6) is 11.5 Å². The second-order valence-electron chi connectivity index (χ2n) is 5.06. The van der Waals surface area contributed by atoms with Gasteiger partial charge in [-0.1, -0.05) is 0 Å². The fourth-order valence-corrected chi connectivity index (χ4v) is 1.62. The Kier molecular flexibility index (Phi) is 5.58. The Morgan fingerprint density at radius 1 is 1.19 bits per heavy atom. The van der Waals surface area contributed by atoms with Gasteiger partial charge in [0.2, 0.25) is 0 Å². The van der Waals surface area contributed by atoms with Crippen molar-refractivity contribution in [1.82, 2.24) is 0 Å². The Morgan fingerprint density at radius 2 is 1.86 bits per heavy atom. The minimum atomic E-state index is -1.04. The van der Waals surface area contributed by atoms with Crippen molar-refractivity contribution in [3.05, 3.63) is 23.8 Å². The summed E-state index contributed by atoms with van der Waals surface area (Å²) in [6.07, 6.45) is 0. The highest BCUT2D eigenvalue weighted by Gasteiger charge is 2.30. The maximum absolute atomic E-state index is 11.6. The highest BCUT2D eigenvalue weighted by molar-refractivity contribution is 5.88. The fraction of sp³-hybridized carbons (Fsp3) is 0.467. The Morgan fingerprint density at radius 3 is 2.38 bits per heavy atom. The van der Waals surface area contributed by atoms with Crippen LogP contribution in [0.3, 0.4) is 0 Å². The van der Waals surface area contributed by atoms with E-state index in [4.69, 9.17) is 19.3 Å². The number of carboxylic acid groups (broad SMARTS) is 1. The lowest BCUT2D eigenvalue weighted by atomic mass is 9.95. The van der Waals surface area contributed by atoms with Crippen molar-refractivity contribution in [2.45, 2.75) is 20.8 Å². The molecule has 0 aliphatic carbocycles. The molecule has 0 spiro atoms. The van der Waals surface area contributed by atoms with E-state index in [1.165, 1.54) is 25.3 Å². The summed E-state index contributed by atoms with van der Waals surface area (Å²) >= 11 is 0. The predicted molar refractivity (Wildman–Crippen MR) is 75.9 cm³/mol. The van der Waals surface area contributed by atoms with E-state index in [-0.39, 0.29) is 18.1 Å². The summed E-state index contributed by atoms with van der Waals surface area (Å²) < 4.78 is 15.7. The van der Waals surface area contributed by atoms with Crippen LogP contribution < -0.4 is 9.47 Å². The highest BCUT2D eigenvalue weighted by Crippen LogP contribution is 2.30. The maximum atomic E-state index is 11.6. The SMILES string of the molecule is CCOc1cc(C(=O)O)ccc1OCC(C)(C)C(=O)OC. The van der Waals surface area contributed by atoms with E-state index in [9.17, 15) is 9.59 Å². The zero-order valence-electron chi connectivity index (χ0n) is 12.6. The van der Waals surface area contributed by atoms with E-state index < -0.39 is 11.4 Å². The Hall–Kier alpha value is -2.24. The number of carbonyl (C=O) groups excluding carboxylic acids is 1. The second-order valence-corrected chi connectivity index (χ2v) is 5.06. The molecule has 0 amide bonds. The maximum Gasteiger partial charge on any atom is 0.335 e. The van der Waals surface area contributed by atoms with Crippen molar-refractivity contribution in [2.75, 3.05) is 20.3 Å². The summed E-state index contributed by atoms with van der Waals surface area (Å²) in [5, 5.41) is 8.97. The molecule has 0 atom stereocenters. The summed E-state index contributed by atoms with van der Waals surface area (Å²) in [6.45, 7) is 5.65. The molecule has 21 heavy (non-hydrogen) atoms. The largest absolute Gasteiger partial charge is 0.490 e. The first-order valence-electron chi connectivity index (χ1n) is 6.53. The van der Waals surface area contributed by atoms with Gasteiger partial charge in [0.25, 0.3) is 0 Å².